The van der Waals surface area contributed by atoms with Gasteiger partial charge in [0.1, 0.15) is 11.5 Å². The van der Waals surface area contributed by atoms with Gasteiger partial charge in [-0.2, -0.15) is 0 Å². The Balaban J connectivity index is 2.00. The van der Waals surface area contributed by atoms with E-state index in [1.165, 1.54) is 51.8 Å². The minimum atomic E-state index is 0.384. The Labute approximate surface area is 180 Å². The quantitative estimate of drug-likeness (QED) is 0.417. The van der Waals surface area contributed by atoms with Gasteiger partial charge in [-0.1, -0.05) is 62.2 Å². The van der Waals surface area contributed by atoms with Crippen LogP contribution in [-0.4, -0.2) is 14.2 Å². The number of hydrogen-bond acceptors (Lipinski definition) is 2. The number of unbranched alkanes of at least 4 members (excludes halogenated alkanes) is 1. The summed E-state index contributed by atoms with van der Waals surface area (Å²) in [5.41, 5.74) is 9.35. The van der Waals surface area contributed by atoms with E-state index in [1.807, 2.05) is 0 Å². The summed E-state index contributed by atoms with van der Waals surface area (Å²) in [5.74, 6) is 2.19. The van der Waals surface area contributed by atoms with E-state index in [0.717, 1.165) is 17.9 Å². The van der Waals surface area contributed by atoms with E-state index in [9.17, 15) is 0 Å². The number of aryl methyl sites for hydroxylation is 1. The lowest BCUT2D eigenvalue weighted by Gasteiger charge is -2.19. The summed E-state index contributed by atoms with van der Waals surface area (Å²) in [5, 5.41) is 0. The molecule has 2 nitrogen and oxygen atoms in total. The summed E-state index contributed by atoms with van der Waals surface area (Å²) >= 11 is 0. The maximum atomic E-state index is 5.65. The zero-order valence-corrected chi connectivity index (χ0v) is 18.4. The highest BCUT2D eigenvalue weighted by Gasteiger charge is 2.34. The third-order valence-corrected chi connectivity index (χ3v) is 6.14. The van der Waals surface area contributed by atoms with Crippen molar-refractivity contribution in [3.63, 3.8) is 0 Å². The van der Waals surface area contributed by atoms with Crippen molar-refractivity contribution >= 4 is 11.1 Å². The minimum absolute atomic E-state index is 0.384. The molecule has 0 aromatic heterocycles. The summed E-state index contributed by atoms with van der Waals surface area (Å²) in [7, 11) is 3.47. The standard InChI is InChI=1S/C28H30O2/c1-5-6-12-24-26-19(2)17-23(30-4)18-25(26)28(20-10-8-7-9-11-20)27(24)21-13-15-22(29-3)16-14-21/h7-11,13-18,24H,5-6,12H2,1-4H3. The molecule has 0 radical (unpaired) electrons. The van der Waals surface area contributed by atoms with E-state index in [2.05, 4.69) is 80.6 Å². The zero-order chi connectivity index (χ0) is 21.1. The van der Waals surface area contributed by atoms with Crippen molar-refractivity contribution in [1.82, 2.24) is 0 Å². The van der Waals surface area contributed by atoms with Crippen LogP contribution in [0.15, 0.2) is 66.7 Å². The predicted molar refractivity (Wildman–Crippen MR) is 125 cm³/mol. The highest BCUT2D eigenvalue weighted by Crippen LogP contribution is 2.53. The fourth-order valence-electron chi connectivity index (χ4n) is 4.74. The maximum Gasteiger partial charge on any atom is 0.119 e. The van der Waals surface area contributed by atoms with Gasteiger partial charge in [0, 0.05) is 5.92 Å². The first-order chi connectivity index (χ1) is 14.7. The van der Waals surface area contributed by atoms with Crippen LogP contribution in [0.3, 0.4) is 0 Å². The third kappa shape index (κ3) is 3.63. The summed E-state index contributed by atoms with van der Waals surface area (Å²) < 4.78 is 11.1. The lowest BCUT2D eigenvalue weighted by atomic mass is 9.84. The first-order valence-corrected chi connectivity index (χ1v) is 10.8. The van der Waals surface area contributed by atoms with Crippen LogP contribution < -0.4 is 9.47 Å². The van der Waals surface area contributed by atoms with Gasteiger partial charge >= 0.3 is 0 Å². The minimum Gasteiger partial charge on any atom is -0.497 e. The number of methoxy groups -OCH3 is 2. The molecule has 0 bridgehead atoms. The molecule has 0 amide bonds. The molecule has 4 rings (SSSR count). The SMILES string of the molecule is CCCCC1C(c2ccc(OC)cc2)=C(c2ccccc2)c2cc(OC)cc(C)c21. The molecule has 30 heavy (non-hydrogen) atoms. The maximum absolute atomic E-state index is 5.65. The van der Waals surface area contributed by atoms with E-state index < -0.39 is 0 Å². The van der Waals surface area contributed by atoms with Gasteiger partial charge in [0.25, 0.3) is 0 Å². The fourth-order valence-corrected chi connectivity index (χ4v) is 4.74. The molecule has 2 heteroatoms. The van der Waals surface area contributed by atoms with E-state index in [4.69, 9.17) is 9.47 Å². The molecule has 0 spiro atoms. The van der Waals surface area contributed by atoms with Crippen LogP contribution in [0.5, 0.6) is 11.5 Å². The Morgan fingerprint density at radius 2 is 1.50 bits per heavy atom. The van der Waals surface area contributed by atoms with E-state index in [-0.39, 0.29) is 0 Å². The molecule has 1 unspecified atom stereocenters. The van der Waals surface area contributed by atoms with Gasteiger partial charge in [-0.3, -0.25) is 0 Å². The highest BCUT2D eigenvalue weighted by atomic mass is 16.5. The monoisotopic (exact) mass is 398 g/mol. The van der Waals surface area contributed by atoms with E-state index in [0.29, 0.717) is 5.92 Å². The summed E-state index contributed by atoms with van der Waals surface area (Å²) in [6, 6.07) is 23.7. The molecular weight excluding hydrogens is 368 g/mol. The molecule has 154 valence electrons. The summed E-state index contributed by atoms with van der Waals surface area (Å²) in [4.78, 5) is 0. The predicted octanol–water partition coefficient (Wildman–Crippen LogP) is 7.26. The number of hydrogen-bond donors (Lipinski definition) is 0. The lowest BCUT2D eigenvalue weighted by Crippen LogP contribution is -2.02. The van der Waals surface area contributed by atoms with Gasteiger partial charge in [-0.15, -0.1) is 0 Å². The van der Waals surface area contributed by atoms with Crippen LogP contribution in [0.2, 0.25) is 0 Å². The second kappa shape index (κ2) is 8.79. The average molecular weight is 399 g/mol. The molecule has 1 aliphatic carbocycles. The van der Waals surface area contributed by atoms with Gasteiger partial charge in [0.05, 0.1) is 14.2 Å². The van der Waals surface area contributed by atoms with E-state index in [1.54, 1.807) is 14.2 Å². The number of fused-ring (bicyclic) bond motifs is 1. The Kier molecular flexibility index (Phi) is 5.94. The summed E-state index contributed by atoms with van der Waals surface area (Å²) in [6.07, 6.45) is 3.54. The van der Waals surface area contributed by atoms with Crippen molar-refractivity contribution in [2.75, 3.05) is 14.2 Å². The van der Waals surface area contributed by atoms with Crippen molar-refractivity contribution in [3.05, 3.63) is 94.5 Å². The van der Waals surface area contributed by atoms with Crippen LogP contribution in [0.1, 0.15) is 59.9 Å². The van der Waals surface area contributed by atoms with Crippen LogP contribution in [0.25, 0.3) is 11.1 Å². The lowest BCUT2D eigenvalue weighted by molar-refractivity contribution is 0.414. The van der Waals surface area contributed by atoms with Crippen LogP contribution >= 0.6 is 0 Å². The topological polar surface area (TPSA) is 18.5 Å². The number of allylic oxidation sites excluding steroid dienone is 1. The zero-order valence-electron chi connectivity index (χ0n) is 18.4. The van der Waals surface area contributed by atoms with Gasteiger partial charge in [-0.05, 0) is 76.6 Å². The van der Waals surface area contributed by atoms with Crippen LogP contribution in [-0.2, 0) is 0 Å². The Morgan fingerprint density at radius 1 is 0.800 bits per heavy atom. The smallest absolute Gasteiger partial charge is 0.119 e. The second-order valence-corrected chi connectivity index (χ2v) is 7.98. The van der Waals surface area contributed by atoms with Crippen molar-refractivity contribution in [2.24, 2.45) is 0 Å². The van der Waals surface area contributed by atoms with Gasteiger partial charge in [0.15, 0.2) is 0 Å². The third-order valence-electron chi connectivity index (χ3n) is 6.14. The molecule has 1 aliphatic rings. The van der Waals surface area contributed by atoms with Crippen LogP contribution in [0.4, 0.5) is 0 Å². The van der Waals surface area contributed by atoms with Gasteiger partial charge in [-0.25, -0.2) is 0 Å². The first kappa shape index (κ1) is 20.3. The molecule has 0 N–H and O–H groups in total. The van der Waals surface area contributed by atoms with Crippen molar-refractivity contribution in [3.8, 4) is 11.5 Å². The second-order valence-electron chi connectivity index (χ2n) is 7.98. The Hall–Kier alpha value is -3.00. The normalized spacial score (nSPS) is 15.3. The molecule has 0 fully saturated rings. The number of ether oxygens (including phenoxy) is 2. The number of rotatable bonds is 7. The molecule has 0 saturated heterocycles. The first-order valence-electron chi connectivity index (χ1n) is 10.8. The van der Waals surface area contributed by atoms with Gasteiger partial charge < -0.3 is 9.47 Å². The van der Waals surface area contributed by atoms with Crippen molar-refractivity contribution in [1.29, 1.82) is 0 Å². The van der Waals surface area contributed by atoms with Crippen LogP contribution in [0, 0.1) is 6.92 Å². The van der Waals surface area contributed by atoms with E-state index >= 15 is 0 Å². The number of benzene rings is 3. The van der Waals surface area contributed by atoms with Gasteiger partial charge in [0.2, 0.25) is 0 Å². The molecule has 0 heterocycles. The molecule has 1 atom stereocenters. The fraction of sp³-hybridized carbons (Fsp3) is 0.286. The highest BCUT2D eigenvalue weighted by molar-refractivity contribution is 6.06. The summed E-state index contributed by atoms with van der Waals surface area (Å²) in [6.45, 7) is 4.49. The average Bonchev–Trinajstić information content (AvgIpc) is 3.12. The largest absolute Gasteiger partial charge is 0.497 e. The Morgan fingerprint density at radius 3 is 2.13 bits per heavy atom. The van der Waals surface area contributed by atoms with Crippen molar-refractivity contribution in [2.45, 2.75) is 39.0 Å². The Bertz CT molecular complexity index is 1050. The molecule has 0 aliphatic heterocycles. The molecule has 3 aromatic carbocycles. The van der Waals surface area contributed by atoms with Crippen molar-refractivity contribution < 1.29 is 9.47 Å². The molecule has 0 saturated carbocycles. The molecular formula is C28H30O2. The molecule has 3 aromatic rings.